The Balaban J connectivity index is 4.50. The van der Waals surface area contributed by atoms with E-state index in [1.165, 1.54) is 7.11 Å². The Hall–Kier alpha value is -0.160. The maximum atomic E-state index is 10.0. The minimum Gasteiger partial charge on any atom is -0.394 e. The van der Waals surface area contributed by atoms with Crippen molar-refractivity contribution in [2.45, 2.75) is 58.5 Å². The summed E-state index contributed by atoms with van der Waals surface area (Å²) in [6.45, 7) is 7.73. The van der Waals surface area contributed by atoms with Crippen LogP contribution in [-0.2, 0) is 9.47 Å². The second-order valence-corrected chi connectivity index (χ2v) is 4.80. The predicted molar refractivity (Wildman–Crippen MR) is 63.4 cm³/mol. The molecule has 98 valence electrons. The third-order valence-corrected chi connectivity index (χ3v) is 2.37. The molecular weight excluding hydrogens is 208 g/mol. The normalized spacial score (nSPS) is 17.8. The molecule has 0 aromatic rings. The van der Waals surface area contributed by atoms with Gasteiger partial charge in [-0.2, -0.15) is 0 Å². The average molecular weight is 234 g/mol. The van der Waals surface area contributed by atoms with Crippen molar-refractivity contribution in [1.82, 2.24) is 0 Å². The number of aliphatic hydroxyl groups is 2. The molecule has 0 saturated heterocycles. The molecule has 4 nitrogen and oxygen atoms in total. The lowest BCUT2D eigenvalue weighted by molar-refractivity contribution is -0.144. The van der Waals surface area contributed by atoms with Crippen molar-refractivity contribution >= 4 is 0 Å². The molecule has 4 heteroatoms. The van der Waals surface area contributed by atoms with Crippen LogP contribution in [0.15, 0.2) is 0 Å². The number of methoxy groups -OCH3 is 1. The molecule has 2 N–H and O–H groups in total. The summed E-state index contributed by atoms with van der Waals surface area (Å²) in [5.41, 5.74) is 0. The van der Waals surface area contributed by atoms with Gasteiger partial charge in [-0.1, -0.05) is 13.8 Å². The number of aliphatic hydroxyl groups excluding tert-OH is 2. The first-order valence-corrected chi connectivity index (χ1v) is 5.89. The smallest absolute Gasteiger partial charge is 0.112 e. The largest absolute Gasteiger partial charge is 0.394 e. The molecule has 0 heterocycles. The van der Waals surface area contributed by atoms with Gasteiger partial charge in [0.15, 0.2) is 0 Å². The molecule has 16 heavy (non-hydrogen) atoms. The van der Waals surface area contributed by atoms with Crippen LogP contribution in [0.4, 0.5) is 0 Å². The third-order valence-electron chi connectivity index (χ3n) is 2.37. The summed E-state index contributed by atoms with van der Waals surface area (Å²) in [4.78, 5) is 0. The molecule has 0 radical (unpaired) electrons. The van der Waals surface area contributed by atoms with E-state index in [1.807, 2.05) is 27.7 Å². The highest BCUT2D eigenvalue weighted by atomic mass is 16.6. The summed E-state index contributed by atoms with van der Waals surface area (Å²) in [5, 5.41) is 19.2. The van der Waals surface area contributed by atoms with Gasteiger partial charge in [-0.15, -0.1) is 0 Å². The van der Waals surface area contributed by atoms with Crippen molar-refractivity contribution < 1.29 is 19.7 Å². The molecule has 0 aromatic heterocycles. The minimum atomic E-state index is -0.612. The van der Waals surface area contributed by atoms with Crippen molar-refractivity contribution in [2.75, 3.05) is 13.7 Å². The van der Waals surface area contributed by atoms with Crippen molar-refractivity contribution in [3.8, 4) is 0 Å². The number of hydrogen-bond donors (Lipinski definition) is 2. The Morgan fingerprint density at radius 2 is 1.69 bits per heavy atom. The fraction of sp³-hybridized carbons (Fsp3) is 1.00. The Bertz CT molecular complexity index is 166. The highest BCUT2D eigenvalue weighted by Crippen LogP contribution is 2.17. The molecule has 3 atom stereocenters. The van der Waals surface area contributed by atoms with E-state index in [0.29, 0.717) is 12.3 Å². The van der Waals surface area contributed by atoms with Crippen molar-refractivity contribution in [1.29, 1.82) is 0 Å². The molecule has 2 unspecified atom stereocenters. The van der Waals surface area contributed by atoms with Gasteiger partial charge in [-0.25, -0.2) is 0 Å². The summed E-state index contributed by atoms with van der Waals surface area (Å²) < 4.78 is 10.8. The Morgan fingerprint density at radius 1 is 1.12 bits per heavy atom. The molecule has 0 amide bonds. The van der Waals surface area contributed by atoms with Crippen LogP contribution in [-0.4, -0.2) is 48.3 Å². The van der Waals surface area contributed by atoms with E-state index in [4.69, 9.17) is 9.47 Å². The van der Waals surface area contributed by atoms with Gasteiger partial charge < -0.3 is 19.7 Å². The van der Waals surface area contributed by atoms with Crippen LogP contribution in [0.2, 0.25) is 0 Å². The summed E-state index contributed by atoms with van der Waals surface area (Å²) >= 11 is 0. The lowest BCUT2D eigenvalue weighted by atomic mass is 9.98. The zero-order valence-corrected chi connectivity index (χ0v) is 11.0. The topological polar surface area (TPSA) is 58.9 Å². The molecule has 0 rings (SSSR count). The molecule has 0 aliphatic heterocycles. The lowest BCUT2D eigenvalue weighted by Gasteiger charge is -2.31. The quantitative estimate of drug-likeness (QED) is 0.662. The zero-order chi connectivity index (χ0) is 12.7. The molecular formula is C12H26O4. The SMILES string of the molecule is COC(CO)C(OC(C)C)[C@@H](O)CC(C)C. The lowest BCUT2D eigenvalue weighted by Crippen LogP contribution is -2.44. The number of hydrogen-bond acceptors (Lipinski definition) is 4. The molecule has 0 fully saturated rings. The Labute approximate surface area is 98.6 Å². The van der Waals surface area contributed by atoms with E-state index < -0.39 is 18.3 Å². The van der Waals surface area contributed by atoms with E-state index in [2.05, 4.69) is 0 Å². The van der Waals surface area contributed by atoms with Gasteiger partial charge in [0, 0.05) is 7.11 Å². The van der Waals surface area contributed by atoms with Crippen LogP contribution in [0.1, 0.15) is 34.1 Å². The highest BCUT2D eigenvalue weighted by Gasteiger charge is 2.30. The van der Waals surface area contributed by atoms with Crippen molar-refractivity contribution in [2.24, 2.45) is 5.92 Å². The molecule has 0 aliphatic carbocycles. The van der Waals surface area contributed by atoms with E-state index in [0.717, 1.165) is 0 Å². The third kappa shape index (κ3) is 5.80. The molecule has 0 aliphatic rings. The van der Waals surface area contributed by atoms with Crippen molar-refractivity contribution in [3.63, 3.8) is 0 Å². The van der Waals surface area contributed by atoms with Crippen LogP contribution in [0.3, 0.4) is 0 Å². The summed E-state index contributed by atoms with van der Waals surface area (Å²) in [6.07, 6.45) is -0.930. The first-order valence-electron chi connectivity index (χ1n) is 5.89. The van der Waals surface area contributed by atoms with Crippen LogP contribution in [0.25, 0.3) is 0 Å². The maximum Gasteiger partial charge on any atom is 0.112 e. The van der Waals surface area contributed by atoms with E-state index >= 15 is 0 Å². The van der Waals surface area contributed by atoms with E-state index in [9.17, 15) is 10.2 Å². The van der Waals surface area contributed by atoms with Gasteiger partial charge in [-0.3, -0.25) is 0 Å². The summed E-state index contributed by atoms with van der Waals surface area (Å²) in [7, 11) is 1.51. The Kier molecular flexibility index (Phi) is 7.93. The number of rotatable bonds is 8. The first-order chi connectivity index (χ1) is 7.42. The standard InChI is InChI=1S/C12H26O4/c1-8(2)6-10(14)12(16-9(3)4)11(7-13)15-5/h8-14H,6-7H2,1-5H3/t10-,11?,12?/m0/s1. The maximum absolute atomic E-state index is 10.0. The second kappa shape index (κ2) is 8.01. The van der Waals surface area contributed by atoms with E-state index in [-0.39, 0.29) is 12.7 Å². The van der Waals surface area contributed by atoms with E-state index in [1.54, 1.807) is 0 Å². The van der Waals surface area contributed by atoms with Crippen LogP contribution >= 0.6 is 0 Å². The minimum absolute atomic E-state index is 0.00369. The van der Waals surface area contributed by atoms with Gasteiger partial charge >= 0.3 is 0 Å². The summed E-state index contributed by atoms with van der Waals surface area (Å²) in [6, 6.07) is 0. The van der Waals surface area contributed by atoms with Gasteiger partial charge in [0.1, 0.15) is 12.2 Å². The average Bonchev–Trinajstić information content (AvgIpc) is 2.16. The monoisotopic (exact) mass is 234 g/mol. The van der Waals surface area contributed by atoms with Gasteiger partial charge in [-0.05, 0) is 26.2 Å². The van der Waals surface area contributed by atoms with Crippen LogP contribution in [0, 0.1) is 5.92 Å². The molecule has 0 aromatic carbocycles. The fourth-order valence-corrected chi connectivity index (χ4v) is 1.67. The fourth-order valence-electron chi connectivity index (χ4n) is 1.67. The highest BCUT2D eigenvalue weighted by molar-refractivity contribution is 4.79. The van der Waals surface area contributed by atoms with Gasteiger partial charge in [0.2, 0.25) is 0 Å². The summed E-state index contributed by atoms with van der Waals surface area (Å²) in [5.74, 6) is 0.379. The second-order valence-electron chi connectivity index (χ2n) is 4.80. The first kappa shape index (κ1) is 15.8. The van der Waals surface area contributed by atoms with Crippen LogP contribution in [0.5, 0.6) is 0 Å². The predicted octanol–water partition coefficient (Wildman–Crippen LogP) is 1.19. The molecule has 0 spiro atoms. The van der Waals surface area contributed by atoms with Crippen molar-refractivity contribution in [3.05, 3.63) is 0 Å². The molecule has 0 saturated carbocycles. The Morgan fingerprint density at radius 3 is 2.00 bits per heavy atom. The zero-order valence-electron chi connectivity index (χ0n) is 11.0. The van der Waals surface area contributed by atoms with Gasteiger partial charge in [0.25, 0.3) is 0 Å². The number of ether oxygens (including phenoxy) is 2. The van der Waals surface area contributed by atoms with Crippen LogP contribution < -0.4 is 0 Å². The van der Waals surface area contributed by atoms with Gasteiger partial charge in [0.05, 0.1) is 18.8 Å². The molecule has 0 bridgehead atoms.